The van der Waals surface area contributed by atoms with Crippen LogP contribution in [0.15, 0.2) is 58.5 Å². The first-order chi connectivity index (χ1) is 16.3. The van der Waals surface area contributed by atoms with Crippen LogP contribution >= 0.6 is 0 Å². The van der Waals surface area contributed by atoms with Gasteiger partial charge in [0.05, 0.1) is 17.2 Å². The monoisotopic (exact) mass is 482 g/mol. The highest BCUT2D eigenvalue weighted by Crippen LogP contribution is 2.32. The molecule has 0 saturated carbocycles. The molecule has 2 aliphatic heterocycles. The second-order valence-corrected chi connectivity index (χ2v) is 10.3. The van der Waals surface area contributed by atoms with E-state index in [1.165, 1.54) is 9.31 Å². The van der Waals surface area contributed by atoms with E-state index in [4.69, 9.17) is 0 Å². The van der Waals surface area contributed by atoms with E-state index >= 15 is 0 Å². The highest BCUT2D eigenvalue weighted by atomic mass is 32.2. The Labute approximate surface area is 200 Å². The van der Waals surface area contributed by atoms with Crippen molar-refractivity contribution in [2.24, 2.45) is 5.10 Å². The number of nitrogens with zero attached hydrogens (tertiary/aromatic N) is 4. The number of carbonyl (C=O) groups is 2. The molecule has 9 heteroatoms. The zero-order chi connectivity index (χ0) is 24.3. The molecule has 0 atom stereocenters. The molecule has 4 rings (SSSR count). The van der Waals surface area contributed by atoms with Gasteiger partial charge < -0.3 is 4.90 Å². The molecule has 0 aliphatic carbocycles. The van der Waals surface area contributed by atoms with Gasteiger partial charge in [-0.25, -0.2) is 13.4 Å². The normalized spacial score (nSPS) is 15.6. The smallest absolute Gasteiger partial charge is 0.243 e. The van der Waals surface area contributed by atoms with Gasteiger partial charge in [-0.3, -0.25) is 9.59 Å². The molecule has 34 heavy (non-hydrogen) atoms. The predicted octanol–water partition coefficient (Wildman–Crippen LogP) is 3.02. The summed E-state index contributed by atoms with van der Waals surface area (Å²) in [5, 5.41) is 5.90. The van der Waals surface area contributed by atoms with E-state index in [2.05, 4.69) is 5.10 Å². The largest absolute Gasteiger partial charge is 0.312 e. The molecule has 0 aromatic heterocycles. The first-order valence-electron chi connectivity index (χ1n) is 11.7. The van der Waals surface area contributed by atoms with E-state index in [1.807, 2.05) is 44.2 Å². The molecular weight excluding hydrogens is 452 g/mol. The van der Waals surface area contributed by atoms with Gasteiger partial charge in [-0.15, -0.1) is 0 Å². The number of sulfonamides is 1. The van der Waals surface area contributed by atoms with E-state index in [1.54, 1.807) is 23.1 Å². The number of hydrogen-bond acceptors (Lipinski definition) is 5. The minimum atomic E-state index is -3.55. The van der Waals surface area contributed by atoms with Gasteiger partial charge >= 0.3 is 0 Å². The maximum absolute atomic E-state index is 12.9. The predicted molar refractivity (Wildman–Crippen MR) is 131 cm³/mol. The van der Waals surface area contributed by atoms with Crippen LogP contribution in [0.1, 0.15) is 44.2 Å². The van der Waals surface area contributed by atoms with Crippen molar-refractivity contribution < 1.29 is 18.0 Å². The molecule has 2 aliphatic rings. The highest BCUT2D eigenvalue weighted by molar-refractivity contribution is 7.89. The molecule has 8 nitrogen and oxygen atoms in total. The van der Waals surface area contributed by atoms with Gasteiger partial charge in [0.25, 0.3) is 0 Å². The van der Waals surface area contributed by atoms with Crippen molar-refractivity contribution in [1.82, 2.24) is 9.31 Å². The van der Waals surface area contributed by atoms with E-state index in [0.29, 0.717) is 39.0 Å². The quantitative estimate of drug-likeness (QED) is 0.578. The summed E-state index contributed by atoms with van der Waals surface area (Å²) >= 11 is 0. The maximum Gasteiger partial charge on any atom is 0.243 e. The van der Waals surface area contributed by atoms with Crippen LogP contribution in [0.2, 0.25) is 0 Å². The van der Waals surface area contributed by atoms with Crippen LogP contribution < -0.4 is 4.90 Å². The minimum absolute atomic E-state index is 0.0878. The molecule has 0 fully saturated rings. The van der Waals surface area contributed by atoms with Crippen molar-refractivity contribution in [2.75, 3.05) is 31.1 Å². The number of benzene rings is 2. The zero-order valence-corrected chi connectivity index (χ0v) is 20.4. The third kappa shape index (κ3) is 4.76. The molecule has 0 bridgehead atoms. The van der Waals surface area contributed by atoms with Crippen molar-refractivity contribution in [2.45, 2.75) is 44.4 Å². The van der Waals surface area contributed by atoms with Crippen molar-refractivity contribution in [3.63, 3.8) is 0 Å². The van der Waals surface area contributed by atoms with Gasteiger partial charge in [0.1, 0.15) is 0 Å². The minimum Gasteiger partial charge on any atom is -0.312 e. The Morgan fingerprint density at radius 1 is 0.941 bits per heavy atom. The lowest BCUT2D eigenvalue weighted by molar-refractivity contribution is -0.132. The summed E-state index contributed by atoms with van der Waals surface area (Å²) in [6.07, 6.45) is 1.46. The van der Waals surface area contributed by atoms with E-state index in [9.17, 15) is 18.0 Å². The van der Waals surface area contributed by atoms with Crippen LogP contribution in [0.25, 0.3) is 0 Å². The Kier molecular flexibility index (Phi) is 7.13. The number of rotatable bonds is 8. The number of hydrazone groups is 1. The average molecular weight is 483 g/mol. The topological polar surface area (TPSA) is 90.4 Å². The van der Waals surface area contributed by atoms with Gasteiger partial charge in [0, 0.05) is 44.6 Å². The summed E-state index contributed by atoms with van der Waals surface area (Å²) in [5.74, 6) is -0.308. The van der Waals surface area contributed by atoms with Gasteiger partial charge in [-0.2, -0.15) is 9.41 Å². The van der Waals surface area contributed by atoms with Crippen molar-refractivity contribution in [1.29, 1.82) is 0 Å². The van der Waals surface area contributed by atoms with Crippen molar-refractivity contribution >= 4 is 33.2 Å². The lowest BCUT2D eigenvalue weighted by Crippen LogP contribution is -2.31. The molecule has 2 heterocycles. The number of fused-ring (bicyclic) bond motifs is 1. The van der Waals surface area contributed by atoms with Crippen LogP contribution in [-0.2, 0) is 26.0 Å². The molecule has 2 aromatic rings. The van der Waals surface area contributed by atoms with Crippen molar-refractivity contribution in [3.8, 4) is 0 Å². The Bertz CT molecular complexity index is 1210. The summed E-state index contributed by atoms with van der Waals surface area (Å²) in [5.41, 5.74) is 3.44. The molecular formula is C25H30N4O4S. The highest BCUT2D eigenvalue weighted by Gasteiger charge is 2.29. The molecule has 0 saturated heterocycles. The standard InChI is InChI=1S/C25H30N4O4S/c1-3-27(4-2)34(32,33)21-10-11-23-20(18-21)14-16-28(23)24(30)12-13-25(31)29-17-15-22(26-29)19-8-6-5-7-9-19/h5-11,18H,3-4,12-17H2,1-2H3. The molecule has 180 valence electrons. The molecule has 0 radical (unpaired) electrons. The van der Waals surface area contributed by atoms with E-state index in [0.717, 1.165) is 22.5 Å². The number of carbonyl (C=O) groups excluding carboxylic acids is 2. The third-order valence-electron chi connectivity index (χ3n) is 6.34. The molecule has 0 unspecified atom stereocenters. The third-order valence-corrected chi connectivity index (χ3v) is 8.39. The molecule has 0 spiro atoms. The summed E-state index contributed by atoms with van der Waals surface area (Å²) in [6, 6.07) is 14.7. The van der Waals surface area contributed by atoms with Crippen LogP contribution in [-0.4, -0.2) is 61.4 Å². The van der Waals surface area contributed by atoms with Gasteiger partial charge in [0.15, 0.2) is 0 Å². The maximum atomic E-state index is 12.9. The van der Waals surface area contributed by atoms with Gasteiger partial charge in [-0.05, 0) is 35.7 Å². The van der Waals surface area contributed by atoms with E-state index < -0.39 is 10.0 Å². The summed E-state index contributed by atoms with van der Waals surface area (Å²) in [6.45, 7) is 5.44. The summed E-state index contributed by atoms with van der Waals surface area (Å²) < 4.78 is 27.1. The van der Waals surface area contributed by atoms with Crippen LogP contribution in [0.4, 0.5) is 5.69 Å². The second kappa shape index (κ2) is 10.1. The second-order valence-electron chi connectivity index (χ2n) is 8.35. The Morgan fingerprint density at radius 3 is 2.35 bits per heavy atom. The SMILES string of the molecule is CCN(CC)S(=O)(=O)c1ccc2c(c1)CCN2C(=O)CCC(=O)N1CCC(c2ccccc2)=N1. The molecule has 2 amide bonds. The Morgan fingerprint density at radius 2 is 1.65 bits per heavy atom. The van der Waals surface area contributed by atoms with Gasteiger partial charge in [-0.1, -0.05) is 44.2 Å². The number of hydrogen-bond donors (Lipinski definition) is 0. The zero-order valence-electron chi connectivity index (χ0n) is 19.6. The van der Waals surface area contributed by atoms with Crippen LogP contribution in [0.3, 0.4) is 0 Å². The number of amides is 2. The van der Waals surface area contributed by atoms with Crippen LogP contribution in [0.5, 0.6) is 0 Å². The first-order valence-corrected chi connectivity index (χ1v) is 13.2. The average Bonchev–Trinajstić information content (AvgIpc) is 3.51. The fourth-order valence-corrected chi connectivity index (χ4v) is 5.97. The molecule has 2 aromatic carbocycles. The van der Waals surface area contributed by atoms with Gasteiger partial charge in [0.2, 0.25) is 21.8 Å². The van der Waals surface area contributed by atoms with Crippen LogP contribution in [0, 0.1) is 0 Å². The Hall–Kier alpha value is -3.04. The number of anilines is 1. The van der Waals surface area contributed by atoms with E-state index in [-0.39, 0.29) is 29.6 Å². The first kappa shape index (κ1) is 24.1. The van der Waals surface area contributed by atoms with Crippen molar-refractivity contribution in [3.05, 3.63) is 59.7 Å². The summed E-state index contributed by atoms with van der Waals surface area (Å²) in [7, 11) is -3.55. The summed E-state index contributed by atoms with van der Waals surface area (Å²) in [4.78, 5) is 27.4. The Balaban J connectivity index is 1.38. The lowest BCUT2D eigenvalue weighted by atomic mass is 10.1. The fraction of sp³-hybridized carbons (Fsp3) is 0.400. The fourth-order valence-electron chi connectivity index (χ4n) is 4.46. The molecule has 0 N–H and O–H groups in total. The lowest BCUT2D eigenvalue weighted by Gasteiger charge is -2.20.